The lowest BCUT2D eigenvalue weighted by Crippen LogP contribution is -3.11. The monoisotopic (exact) mass is 180 g/mol. The van der Waals surface area contributed by atoms with Crippen molar-refractivity contribution in [1.82, 2.24) is 0 Å². The molecule has 2 aliphatic heterocycles. The molecule has 0 radical (unpaired) electrons. The lowest BCUT2D eigenvalue weighted by Gasteiger charge is -2.19. The lowest BCUT2D eigenvalue weighted by atomic mass is 9.98. The minimum absolute atomic E-state index is 0.106. The van der Waals surface area contributed by atoms with Crippen LogP contribution in [-0.4, -0.2) is 25.3 Å². The van der Waals surface area contributed by atoms with E-state index in [0.717, 1.165) is 25.9 Å². The zero-order valence-electron chi connectivity index (χ0n) is 6.82. The molecule has 0 aromatic carbocycles. The third-order valence-corrected chi connectivity index (χ3v) is 3.22. The highest BCUT2D eigenvalue weighted by Crippen LogP contribution is 2.35. The van der Waals surface area contributed by atoms with E-state index in [-0.39, 0.29) is 6.04 Å². The summed E-state index contributed by atoms with van der Waals surface area (Å²) in [5.74, 6) is -1.00. The second kappa shape index (κ2) is 2.62. The van der Waals surface area contributed by atoms with Crippen LogP contribution in [0.5, 0.6) is 0 Å². The van der Waals surface area contributed by atoms with E-state index >= 15 is 0 Å². The molecule has 0 spiro atoms. The Labute approximate surface area is 69.5 Å². The summed E-state index contributed by atoms with van der Waals surface area (Å²) in [4.78, 5) is 1.19. The molecule has 0 aromatic rings. The molecule has 2 saturated heterocycles. The molecule has 2 rings (SSSR count). The average Bonchev–Trinajstić information content (AvgIpc) is 2.37. The van der Waals surface area contributed by atoms with E-state index in [1.165, 1.54) is 4.90 Å². The summed E-state index contributed by atoms with van der Waals surface area (Å²) in [6.07, 6.45) is -1.84. The van der Waals surface area contributed by atoms with Gasteiger partial charge in [-0.25, -0.2) is 0 Å². The normalized spacial score (nSPS) is 41.8. The summed E-state index contributed by atoms with van der Waals surface area (Å²) in [5, 5.41) is 0. The number of nitrogens with one attached hydrogen (secondary N) is 1. The molecule has 0 saturated carbocycles. The molecule has 0 bridgehead atoms. The van der Waals surface area contributed by atoms with Crippen LogP contribution < -0.4 is 4.90 Å². The number of quaternary nitrogens is 1. The van der Waals surface area contributed by atoms with Gasteiger partial charge in [-0.15, -0.1) is 0 Å². The fourth-order valence-corrected chi connectivity index (χ4v) is 2.67. The van der Waals surface area contributed by atoms with E-state index < -0.39 is 12.1 Å². The van der Waals surface area contributed by atoms with Crippen molar-refractivity contribution in [2.75, 3.05) is 13.1 Å². The minimum atomic E-state index is -3.95. The quantitative estimate of drug-likeness (QED) is 0.557. The van der Waals surface area contributed by atoms with Crippen molar-refractivity contribution in [3.8, 4) is 0 Å². The highest BCUT2D eigenvalue weighted by atomic mass is 19.4. The number of hydrogen-bond acceptors (Lipinski definition) is 0. The summed E-state index contributed by atoms with van der Waals surface area (Å²) in [6.45, 7) is 1.69. The van der Waals surface area contributed by atoms with Crippen LogP contribution in [0.4, 0.5) is 13.2 Å². The summed E-state index contributed by atoms with van der Waals surface area (Å²) in [5.41, 5.74) is 0. The second-order valence-corrected chi connectivity index (χ2v) is 3.84. The Kier molecular flexibility index (Phi) is 1.82. The average molecular weight is 180 g/mol. The summed E-state index contributed by atoms with van der Waals surface area (Å²) in [7, 11) is 0. The Morgan fingerprint density at radius 1 is 1.08 bits per heavy atom. The summed E-state index contributed by atoms with van der Waals surface area (Å²) < 4.78 is 37.2. The molecule has 3 atom stereocenters. The summed E-state index contributed by atoms with van der Waals surface area (Å²) >= 11 is 0. The maximum atomic E-state index is 12.4. The van der Waals surface area contributed by atoms with Crippen LogP contribution in [0.15, 0.2) is 0 Å². The van der Waals surface area contributed by atoms with Crippen LogP contribution in [0.25, 0.3) is 0 Å². The first-order chi connectivity index (χ1) is 5.59. The Morgan fingerprint density at radius 2 is 1.83 bits per heavy atom. The lowest BCUT2D eigenvalue weighted by molar-refractivity contribution is -0.901. The van der Waals surface area contributed by atoms with Crippen molar-refractivity contribution in [3.05, 3.63) is 0 Å². The molecule has 1 nitrogen and oxygen atoms in total. The fraction of sp³-hybridized carbons (Fsp3) is 1.00. The molecule has 70 valence electrons. The van der Waals surface area contributed by atoms with Gasteiger partial charge in [-0.1, -0.05) is 0 Å². The van der Waals surface area contributed by atoms with E-state index in [1.54, 1.807) is 0 Å². The first-order valence-electron chi connectivity index (χ1n) is 4.50. The van der Waals surface area contributed by atoms with E-state index in [1.807, 2.05) is 0 Å². The van der Waals surface area contributed by atoms with Crippen molar-refractivity contribution >= 4 is 0 Å². The Hall–Kier alpha value is -0.250. The van der Waals surface area contributed by atoms with Gasteiger partial charge in [0.15, 0.2) is 0 Å². The van der Waals surface area contributed by atoms with Gasteiger partial charge in [-0.2, -0.15) is 13.2 Å². The minimum Gasteiger partial charge on any atom is -0.332 e. The third-order valence-electron chi connectivity index (χ3n) is 3.22. The van der Waals surface area contributed by atoms with Gasteiger partial charge in [0.05, 0.1) is 19.1 Å². The number of alkyl halides is 3. The maximum absolute atomic E-state index is 12.4. The van der Waals surface area contributed by atoms with Crippen molar-refractivity contribution in [3.63, 3.8) is 0 Å². The molecule has 1 N–H and O–H groups in total. The first-order valence-corrected chi connectivity index (χ1v) is 4.50. The predicted octanol–water partition coefficient (Wildman–Crippen LogP) is 0.616. The largest absolute Gasteiger partial charge is 0.397 e. The number of halogens is 3. The smallest absolute Gasteiger partial charge is 0.332 e. The number of fused-ring (bicyclic) bond motifs is 1. The Bertz CT molecular complexity index is 178. The standard InChI is InChI=1S/C8H12F3N/c9-8(10,11)6-3-5-12-4-1-2-7(6)12/h6-7H,1-5H2/p+1/t6-,7-/m0/s1. The van der Waals surface area contributed by atoms with Crippen LogP contribution in [0, 0.1) is 5.92 Å². The molecular formula is C8H13F3N+. The van der Waals surface area contributed by atoms with Crippen molar-refractivity contribution in [1.29, 1.82) is 0 Å². The van der Waals surface area contributed by atoms with Gasteiger partial charge in [0.1, 0.15) is 5.92 Å². The number of hydrogen-bond donors (Lipinski definition) is 1. The van der Waals surface area contributed by atoms with E-state index in [2.05, 4.69) is 0 Å². The van der Waals surface area contributed by atoms with Crippen LogP contribution in [-0.2, 0) is 0 Å². The van der Waals surface area contributed by atoms with Gasteiger partial charge in [-0.05, 0) is 0 Å². The van der Waals surface area contributed by atoms with Gasteiger partial charge >= 0.3 is 6.18 Å². The van der Waals surface area contributed by atoms with E-state index in [4.69, 9.17) is 0 Å². The maximum Gasteiger partial charge on any atom is 0.397 e. The first kappa shape index (κ1) is 8.35. The van der Waals surface area contributed by atoms with Crippen molar-refractivity contribution < 1.29 is 18.1 Å². The van der Waals surface area contributed by atoms with Crippen molar-refractivity contribution in [2.24, 2.45) is 5.92 Å². The van der Waals surface area contributed by atoms with E-state index in [9.17, 15) is 13.2 Å². The van der Waals surface area contributed by atoms with E-state index in [0.29, 0.717) is 6.42 Å². The molecule has 2 aliphatic rings. The topological polar surface area (TPSA) is 4.44 Å². The van der Waals surface area contributed by atoms with Crippen molar-refractivity contribution in [2.45, 2.75) is 31.5 Å². The van der Waals surface area contributed by atoms with Gasteiger partial charge in [-0.3, -0.25) is 0 Å². The molecular weight excluding hydrogens is 167 g/mol. The highest BCUT2D eigenvalue weighted by molar-refractivity contribution is 4.82. The molecule has 2 heterocycles. The zero-order valence-corrected chi connectivity index (χ0v) is 6.82. The predicted molar refractivity (Wildman–Crippen MR) is 37.9 cm³/mol. The Morgan fingerprint density at radius 3 is 2.50 bits per heavy atom. The van der Waals surface area contributed by atoms with Crippen LogP contribution in [0.1, 0.15) is 19.3 Å². The Balaban J connectivity index is 2.09. The zero-order chi connectivity index (χ0) is 8.77. The molecule has 12 heavy (non-hydrogen) atoms. The van der Waals surface area contributed by atoms with Gasteiger partial charge in [0, 0.05) is 19.3 Å². The van der Waals surface area contributed by atoms with Gasteiger partial charge in [0.2, 0.25) is 0 Å². The number of rotatable bonds is 0. The molecule has 0 amide bonds. The van der Waals surface area contributed by atoms with Crippen LogP contribution >= 0.6 is 0 Å². The van der Waals surface area contributed by atoms with Crippen LogP contribution in [0.3, 0.4) is 0 Å². The molecule has 0 aliphatic carbocycles. The molecule has 0 aromatic heterocycles. The third kappa shape index (κ3) is 1.22. The molecule has 4 heteroatoms. The highest BCUT2D eigenvalue weighted by Gasteiger charge is 2.54. The fourth-order valence-electron chi connectivity index (χ4n) is 2.67. The summed E-state index contributed by atoms with van der Waals surface area (Å²) in [6, 6.07) is -0.106. The van der Waals surface area contributed by atoms with Gasteiger partial charge < -0.3 is 4.90 Å². The van der Waals surface area contributed by atoms with Crippen LogP contribution in [0.2, 0.25) is 0 Å². The molecule has 2 fully saturated rings. The second-order valence-electron chi connectivity index (χ2n) is 3.84. The van der Waals surface area contributed by atoms with Gasteiger partial charge in [0.25, 0.3) is 0 Å². The SMILES string of the molecule is FC(F)(F)[C@H]1CC[NH+]2CCC[C@@H]12. The molecule has 1 unspecified atom stereocenters.